The molecule has 0 amide bonds. The van der Waals surface area contributed by atoms with Gasteiger partial charge in [0.2, 0.25) is 0 Å². The Kier molecular flexibility index (Phi) is 6.83. The molecule has 2 unspecified atom stereocenters. The maximum atomic E-state index is 10.6. The Morgan fingerprint density at radius 3 is 1.70 bits per heavy atom. The predicted octanol–water partition coefficient (Wildman–Crippen LogP) is 10.2. The van der Waals surface area contributed by atoms with Gasteiger partial charge in [0, 0.05) is 56.7 Å². The Balaban J connectivity index is 1.33. The van der Waals surface area contributed by atoms with Gasteiger partial charge in [-0.3, -0.25) is 0 Å². The van der Waals surface area contributed by atoms with Crippen molar-refractivity contribution in [2.24, 2.45) is 0 Å². The summed E-state index contributed by atoms with van der Waals surface area (Å²) < 4.78 is 4.95. The molecule has 4 nitrogen and oxygen atoms in total. The highest BCUT2D eigenvalue weighted by molar-refractivity contribution is 6.12. The number of para-hydroxylation sites is 5. The molecule has 0 saturated heterocycles. The van der Waals surface area contributed by atoms with Gasteiger partial charge in [0.1, 0.15) is 0 Å². The molecule has 0 fully saturated rings. The molecule has 2 atom stereocenters. The second kappa shape index (κ2) is 11.5. The molecule has 7 aromatic rings. The van der Waals surface area contributed by atoms with E-state index in [-0.39, 0.29) is 18.7 Å². The monoisotopic (exact) mass is 611 g/mol. The second-order valence-electron chi connectivity index (χ2n) is 12.9. The fourth-order valence-electron chi connectivity index (χ4n) is 8.18. The summed E-state index contributed by atoms with van der Waals surface area (Å²) in [5.74, 6) is 0. The largest absolute Gasteiger partial charge is 0.392 e. The normalized spacial score (nSPS) is 18.2. The van der Waals surface area contributed by atoms with Crippen LogP contribution in [0.3, 0.4) is 0 Å². The maximum Gasteiger partial charge on any atom is 0.0702 e. The molecule has 0 saturated carbocycles. The predicted molar refractivity (Wildman–Crippen MR) is 197 cm³/mol. The van der Waals surface area contributed by atoms with Crippen LogP contribution in [0.5, 0.6) is 0 Å². The molecule has 0 bridgehead atoms. The second-order valence-corrected chi connectivity index (χ2v) is 12.9. The van der Waals surface area contributed by atoms with Crippen molar-refractivity contribution >= 4 is 60.7 Å². The highest BCUT2D eigenvalue weighted by Gasteiger charge is 2.31. The summed E-state index contributed by atoms with van der Waals surface area (Å²) in [6.07, 6.45) is 13.8. The van der Waals surface area contributed by atoms with Crippen molar-refractivity contribution in [3.63, 3.8) is 0 Å². The Morgan fingerprint density at radius 1 is 0.617 bits per heavy atom. The number of aromatic nitrogens is 2. The molecule has 0 aliphatic heterocycles. The minimum atomic E-state index is 0.00878. The van der Waals surface area contributed by atoms with E-state index in [4.69, 9.17) is 0 Å². The smallest absolute Gasteiger partial charge is 0.0702 e. The van der Waals surface area contributed by atoms with Gasteiger partial charge in [-0.05, 0) is 61.7 Å². The van der Waals surface area contributed by atoms with Gasteiger partial charge >= 0.3 is 0 Å². The number of benzene rings is 5. The number of fused-ring (bicyclic) bond motifs is 6. The van der Waals surface area contributed by atoms with Crippen LogP contribution in [0.1, 0.15) is 31.2 Å². The molecule has 4 heteroatoms. The number of hydrogen-bond acceptors (Lipinski definition) is 2. The summed E-state index contributed by atoms with van der Waals surface area (Å²) >= 11 is 0. The van der Waals surface area contributed by atoms with E-state index in [0.29, 0.717) is 0 Å². The van der Waals surface area contributed by atoms with Gasteiger partial charge < -0.3 is 19.1 Å². The van der Waals surface area contributed by atoms with E-state index in [1.165, 1.54) is 55.0 Å². The van der Waals surface area contributed by atoms with Gasteiger partial charge in [-0.25, -0.2) is 0 Å². The summed E-state index contributed by atoms with van der Waals surface area (Å²) in [5.41, 5.74) is 9.37. The van der Waals surface area contributed by atoms with Crippen molar-refractivity contribution in [3.8, 4) is 0 Å². The van der Waals surface area contributed by atoms with Gasteiger partial charge in [-0.1, -0.05) is 103 Å². The van der Waals surface area contributed by atoms with Gasteiger partial charge in [0.15, 0.2) is 0 Å². The highest BCUT2D eigenvalue weighted by atomic mass is 16.3. The molecule has 2 aliphatic carbocycles. The molecule has 2 aliphatic rings. The van der Waals surface area contributed by atoms with Gasteiger partial charge in [-0.2, -0.15) is 0 Å². The lowest BCUT2D eigenvalue weighted by Crippen LogP contribution is -2.44. The third kappa shape index (κ3) is 4.55. The Morgan fingerprint density at radius 2 is 1.15 bits per heavy atom. The van der Waals surface area contributed by atoms with Crippen LogP contribution in [0.2, 0.25) is 0 Å². The van der Waals surface area contributed by atoms with Crippen molar-refractivity contribution < 1.29 is 5.11 Å². The average Bonchev–Trinajstić information content (AvgIpc) is 3.66. The number of allylic oxidation sites excluding steroid dienone is 3. The summed E-state index contributed by atoms with van der Waals surface area (Å²) in [7, 11) is 0. The zero-order valence-corrected chi connectivity index (χ0v) is 26.3. The topological polar surface area (TPSA) is 33.3 Å². The Hall–Kier alpha value is -5.32. The first kappa shape index (κ1) is 27.9. The number of aliphatic hydroxyl groups is 1. The van der Waals surface area contributed by atoms with Gasteiger partial charge in [0.25, 0.3) is 0 Å². The van der Waals surface area contributed by atoms with Gasteiger partial charge in [-0.15, -0.1) is 0 Å². The standard InChI is InChI=1S/C43H37N3O/c47-29-30-14-4-9-21-39(30)44(31-15-2-1-3-16-31)32-26-33(45-40-22-10-5-17-35(40)36-18-6-11-23-41(36)45)28-34(27-32)46-42-24-12-7-19-37(42)38-20-8-13-25-43(38)46/h2,4-15,17-26,28,31-32,47H,1,3,16,27,29H2. The van der Waals surface area contributed by atoms with Gasteiger partial charge in [0.05, 0.1) is 34.7 Å². The van der Waals surface area contributed by atoms with Crippen LogP contribution in [0.25, 0.3) is 55.0 Å². The molecule has 47 heavy (non-hydrogen) atoms. The number of hydrogen-bond donors (Lipinski definition) is 1. The summed E-state index contributed by atoms with van der Waals surface area (Å²) in [5, 5.41) is 15.6. The molecule has 0 radical (unpaired) electrons. The average molecular weight is 612 g/mol. The summed E-state index contributed by atoms with van der Waals surface area (Å²) in [4.78, 5) is 2.59. The Bertz CT molecular complexity index is 2280. The number of nitrogens with zero attached hydrogens (tertiary/aromatic N) is 3. The van der Waals surface area contributed by atoms with Crippen molar-refractivity contribution in [1.82, 2.24) is 9.13 Å². The zero-order chi connectivity index (χ0) is 31.3. The van der Waals surface area contributed by atoms with Crippen LogP contribution >= 0.6 is 0 Å². The van der Waals surface area contributed by atoms with E-state index >= 15 is 0 Å². The fourth-order valence-corrected chi connectivity index (χ4v) is 8.18. The zero-order valence-electron chi connectivity index (χ0n) is 26.3. The van der Waals surface area contributed by atoms with Crippen molar-refractivity contribution in [2.45, 2.75) is 44.4 Å². The lowest BCUT2D eigenvalue weighted by atomic mass is 9.93. The molecule has 5 aromatic carbocycles. The van der Waals surface area contributed by atoms with E-state index in [2.05, 4.69) is 154 Å². The lowest BCUT2D eigenvalue weighted by Gasteiger charge is -2.41. The number of rotatable bonds is 6. The molecule has 2 heterocycles. The first-order chi connectivity index (χ1) is 23.3. The van der Waals surface area contributed by atoms with Crippen molar-refractivity contribution in [3.05, 3.63) is 151 Å². The minimum Gasteiger partial charge on any atom is -0.392 e. The molecular weight excluding hydrogens is 574 g/mol. The molecule has 0 spiro atoms. The summed E-state index contributed by atoms with van der Waals surface area (Å²) in [6, 6.07) is 43.8. The molecule has 2 aromatic heterocycles. The van der Waals surface area contributed by atoms with E-state index < -0.39 is 0 Å². The van der Waals surface area contributed by atoms with Crippen molar-refractivity contribution in [1.29, 1.82) is 0 Å². The number of anilines is 1. The maximum absolute atomic E-state index is 10.6. The van der Waals surface area contributed by atoms with E-state index in [1.54, 1.807) is 0 Å². The third-order valence-corrected chi connectivity index (χ3v) is 10.2. The third-order valence-electron chi connectivity index (χ3n) is 10.2. The van der Waals surface area contributed by atoms with Crippen LogP contribution in [-0.4, -0.2) is 26.3 Å². The quantitative estimate of drug-likeness (QED) is 0.190. The van der Waals surface area contributed by atoms with E-state index in [0.717, 1.165) is 36.9 Å². The molecular formula is C43H37N3O. The minimum absolute atomic E-state index is 0.00878. The molecule has 9 rings (SSSR count). The summed E-state index contributed by atoms with van der Waals surface area (Å²) in [6.45, 7) is 0.00878. The molecule has 1 N–H and O–H groups in total. The fraction of sp³-hybridized carbons (Fsp3) is 0.163. The van der Waals surface area contributed by atoms with Crippen LogP contribution in [-0.2, 0) is 6.61 Å². The van der Waals surface area contributed by atoms with Crippen molar-refractivity contribution in [2.75, 3.05) is 4.90 Å². The Labute approximate surface area is 274 Å². The lowest BCUT2D eigenvalue weighted by molar-refractivity contribution is 0.281. The van der Waals surface area contributed by atoms with E-state index in [1.807, 2.05) is 6.07 Å². The first-order valence-electron chi connectivity index (χ1n) is 16.8. The molecule has 230 valence electrons. The van der Waals surface area contributed by atoms with Crippen LogP contribution in [0.4, 0.5) is 5.69 Å². The number of aliphatic hydroxyl groups excluding tert-OH is 1. The first-order valence-corrected chi connectivity index (χ1v) is 16.8. The highest BCUT2D eigenvalue weighted by Crippen LogP contribution is 2.41. The van der Waals surface area contributed by atoms with Crippen LogP contribution in [0, 0.1) is 0 Å². The van der Waals surface area contributed by atoms with Crippen LogP contribution < -0.4 is 4.90 Å². The van der Waals surface area contributed by atoms with E-state index in [9.17, 15) is 5.11 Å². The SMILES string of the molecule is OCc1ccccc1N(C1C=CCCC1)C1C=C(n2c3ccccc3c3ccccc32)C=C(n2c3ccccc3c3ccccc32)C1. The van der Waals surface area contributed by atoms with Crippen LogP contribution in [0.15, 0.2) is 146 Å².